The molecule has 0 bridgehead atoms. The van der Waals surface area contributed by atoms with Crippen molar-refractivity contribution in [2.24, 2.45) is 0 Å². The fourth-order valence-corrected chi connectivity index (χ4v) is 2.49. The molecule has 1 aromatic carbocycles. The molecular formula is C15H14N2O2. The molecule has 0 atom stereocenters. The van der Waals surface area contributed by atoms with Crippen LogP contribution in [-0.4, -0.2) is 22.6 Å². The minimum absolute atomic E-state index is 0.350. The number of fused-ring (bicyclic) bond motifs is 1. The normalized spacial score (nSPS) is 13.4. The van der Waals surface area contributed by atoms with E-state index in [0.29, 0.717) is 5.56 Å². The molecule has 2 heterocycles. The van der Waals surface area contributed by atoms with Crippen LogP contribution in [0.3, 0.4) is 0 Å². The Morgan fingerprint density at radius 1 is 1.32 bits per heavy atom. The van der Waals surface area contributed by atoms with E-state index in [4.69, 9.17) is 5.11 Å². The summed E-state index contributed by atoms with van der Waals surface area (Å²) in [5.41, 5.74) is 4.69. The predicted molar refractivity (Wildman–Crippen MR) is 73.1 cm³/mol. The highest BCUT2D eigenvalue weighted by Gasteiger charge is 2.21. The van der Waals surface area contributed by atoms with Gasteiger partial charge in [0, 0.05) is 18.4 Å². The first-order chi connectivity index (χ1) is 9.15. The van der Waals surface area contributed by atoms with Gasteiger partial charge in [-0.1, -0.05) is 0 Å². The van der Waals surface area contributed by atoms with E-state index in [1.165, 1.54) is 0 Å². The third-order valence-electron chi connectivity index (χ3n) is 3.39. The molecule has 0 amide bonds. The van der Waals surface area contributed by atoms with Crippen LogP contribution < -0.4 is 4.90 Å². The van der Waals surface area contributed by atoms with Gasteiger partial charge in [-0.15, -0.1) is 0 Å². The summed E-state index contributed by atoms with van der Waals surface area (Å²) in [6.07, 6.45) is 4.53. The second-order valence-corrected chi connectivity index (χ2v) is 4.77. The molecule has 0 unspecified atom stereocenters. The molecule has 19 heavy (non-hydrogen) atoms. The summed E-state index contributed by atoms with van der Waals surface area (Å²) >= 11 is 0. The number of nitrogens with zero attached hydrogens (tertiary/aromatic N) is 2. The van der Waals surface area contributed by atoms with E-state index in [0.717, 1.165) is 35.5 Å². The molecule has 0 saturated carbocycles. The van der Waals surface area contributed by atoms with E-state index in [2.05, 4.69) is 16.0 Å². The molecule has 0 radical (unpaired) electrons. The van der Waals surface area contributed by atoms with Crippen molar-refractivity contribution < 1.29 is 9.90 Å². The number of aryl methyl sites for hydroxylation is 1. The Bertz CT molecular complexity index is 652. The monoisotopic (exact) mass is 254 g/mol. The summed E-state index contributed by atoms with van der Waals surface area (Å²) in [4.78, 5) is 17.4. The van der Waals surface area contributed by atoms with Crippen LogP contribution in [0.5, 0.6) is 0 Å². The zero-order valence-electron chi connectivity index (χ0n) is 10.6. The van der Waals surface area contributed by atoms with Gasteiger partial charge in [-0.05, 0) is 48.7 Å². The van der Waals surface area contributed by atoms with Gasteiger partial charge < -0.3 is 10.0 Å². The minimum Gasteiger partial charge on any atom is -0.478 e. The molecule has 1 aliphatic rings. The zero-order valence-corrected chi connectivity index (χ0v) is 10.6. The molecular weight excluding hydrogens is 240 g/mol. The lowest BCUT2D eigenvalue weighted by Gasteiger charge is -2.19. The van der Waals surface area contributed by atoms with E-state index < -0.39 is 5.97 Å². The number of carboxylic acid groups (broad SMARTS) is 1. The summed E-state index contributed by atoms with van der Waals surface area (Å²) in [5, 5.41) is 9.01. The second-order valence-electron chi connectivity index (χ2n) is 4.77. The third-order valence-corrected chi connectivity index (χ3v) is 3.39. The number of anilines is 2. The van der Waals surface area contributed by atoms with Gasteiger partial charge in [0.1, 0.15) is 0 Å². The van der Waals surface area contributed by atoms with Crippen LogP contribution in [0.1, 0.15) is 21.5 Å². The van der Waals surface area contributed by atoms with Crippen LogP contribution in [0, 0.1) is 6.92 Å². The molecule has 1 aliphatic heterocycles. The van der Waals surface area contributed by atoms with Gasteiger partial charge in [0.25, 0.3) is 0 Å². The Balaban J connectivity index is 2.01. The predicted octanol–water partition coefficient (Wildman–Crippen LogP) is 2.78. The molecule has 4 nitrogen and oxygen atoms in total. The molecule has 3 rings (SSSR count). The van der Waals surface area contributed by atoms with Crippen LogP contribution in [-0.2, 0) is 6.42 Å². The van der Waals surface area contributed by atoms with Crippen LogP contribution in [0.2, 0.25) is 0 Å². The number of carbonyl (C=O) groups is 1. The SMILES string of the molecule is Cc1cncc(N2CCc3cc(C(=O)O)ccc32)c1. The van der Waals surface area contributed by atoms with Crippen molar-refractivity contribution in [3.63, 3.8) is 0 Å². The van der Waals surface area contributed by atoms with Crippen molar-refractivity contribution in [2.45, 2.75) is 13.3 Å². The maximum absolute atomic E-state index is 11.0. The number of aromatic nitrogens is 1. The molecule has 0 aliphatic carbocycles. The topological polar surface area (TPSA) is 53.4 Å². The number of hydrogen-bond acceptors (Lipinski definition) is 3. The Kier molecular flexibility index (Phi) is 2.71. The zero-order chi connectivity index (χ0) is 13.4. The van der Waals surface area contributed by atoms with E-state index >= 15 is 0 Å². The minimum atomic E-state index is -0.876. The number of benzene rings is 1. The number of aromatic carboxylic acids is 1. The summed E-state index contributed by atoms with van der Waals surface area (Å²) in [5.74, 6) is -0.876. The Hall–Kier alpha value is -2.36. The summed E-state index contributed by atoms with van der Waals surface area (Å²) < 4.78 is 0. The smallest absolute Gasteiger partial charge is 0.335 e. The molecule has 0 spiro atoms. The highest BCUT2D eigenvalue weighted by Crippen LogP contribution is 2.34. The lowest BCUT2D eigenvalue weighted by molar-refractivity contribution is 0.0697. The fourth-order valence-electron chi connectivity index (χ4n) is 2.49. The van der Waals surface area contributed by atoms with Crippen LogP contribution in [0.25, 0.3) is 0 Å². The number of hydrogen-bond donors (Lipinski definition) is 1. The molecule has 96 valence electrons. The highest BCUT2D eigenvalue weighted by molar-refractivity contribution is 5.89. The average molecular weight is 254 g/mol. The van der Waals surface area contributed by atoms with Gasteiger partial charge in [-0.3, -0.25) is 4.98 Å². The summed E-state index contributed by atoms with van der Waals surface area (Å²) in [6, 6.07) is 7.39. The lowest BCUT2D eigenvalue weighted by Crippen LogP contribution is -2.13. The first-order valence-electron chi connectivity index (χ1n) is 6.20. The van der Waals surface area contributed by atoms with Gasteiger partial charge in [-0.25, -0.2) is 4.79 Å². The van der Waals surface area contributed by atoms with E-state index in [9.17, 15) is 4.79 Å². The molecule has 0 saturated heterocycles. The largest absolute Gasteiger partial charge is 0.478 e. The number of rotatable bonds is 2. The fraction of sp³-hybridized carbons (Fsp3) is 0.200. The van der Waals surface area contributed by atoms with Crippen molar-refractivity contribution in [3.05, 3.63) is 53.3 Å². The van der Waals surface area contributed by atoms with Crippen molar-refractivity contribution in [1.82, 2.24) is 4.98 Å². The average Bonchev–Trinajstić information content (AvgIpc) is 2.81. The number of carboxylic acids is 1. The van der Waals surface area contributed by atoms with E-state index in [1.54, 1.807) is 12.1 Å². The van der Waals surface area contributed by atoms with Crippen LogP contribution in [0.15, 0.2) is 36.7 Å². The van der Waals surface area contributed by atoms with Crippen molar-refractivity contribution >= 4 is 17.3 Å². The maximum Gasteiger partial charge on any atom is 0.335 e. The first-order valence-corrected chi connectivity index (χ1v) is 6.20. The van der Waals surface area contributed by atoms with Gasteiger partial charge >= 0.3 is 5.97 Å². The molecule has 1 N–H and O–H groups in total. The lowest BCUT2D eigenvalue weighted by atomic mass is 10.1. The highest BCUT2D eigenvalue weighted by atomic mass is 16.4. The second kappa shape index (κ2) is 4.39. The van der Waals surface area contributed by atoms with Gasteiger partial charge in [-0.2, -0.15) is 0 Å². The quantitative estimate of drug-likeness (QED) is 0.895. The van der Waals surface area contributed by atoms with Gasteiger partial charge in [0.05, 0.1) is 17.4 Å². The van der Waals surface area contributed by atoms with Crippen molar-refractivity contribution in [3.8, 4) is 0 Å². The Labute approximate surface area is 111 Å². The third kappa shape index (κ3) is 2.05. The van der Waals surface area contributed by atoms with Gasteiger partial charge in [0.15, 0.2) is 0 Å². The van der Waals surface area contributed by atoms with Crippen LogP contribution in [0.4, 0.5) is 11.4 Å². The summed E-state index contributed by atoms with van der Waals surface area (Å²) in [6.45, 7) is 2.88. The summed E-state index contributed by atoms with van der Waals surface area (Å²) in [7, 11) is 0. The van der Waals surface area contributed by atoms with Gasteiger partial charge in [0.2, 0.25) is 0 Å². The van der Waals surface area contributed by atoms with E-state index in [1.807, 2.05) is 25.4 Å². The molecule has 1 aromatic heterocycles. The van der Waals surface area contributed by atoms with Crippen molar-refractivity contribution in [2.75, 3.05) is 11.4 Å². The standard InChI is InChI=1S/C15H14N2O2/c1-10-6-13(9-16-8-10)17-5-4-11-7-12(15(18)19)2-3-14(11)17/h2-3,6-9H,4-5H2,1H3,(H,18,19). The Morgan fingerprint density at radius 2 is 2.16 bits per heavy atom. The molecule has 0 fully saturated rings. The maximum atomic E-state index is 11.0. The number of pyridine rings is 1. The van der Waals surface area contributed by atoms with Crippen LogP contribution >= 0.6 is 0 Å². The Morgan fingerprint density at radius 3 is 2.89 bits per heavy atom. The molecule has 4 heteroatoms. The van der Waals surface area contributed by atoms with Crippen molar-refractivity contribution in [1.29, 1.82) is 0 Å². The first kappa shape index (κ1) is 11.7. The van der Waals surface area contributed by atoms with E-state index in [-0.39, 0.29) is 0 Å². The molecule has 2 aromatic rings.